The van der Waals surface area contributed by atoms with Crippen molar-refractivity contribution in [2.24, 2.45) is 0 Å². The second-order valence-corrected chi connectivity index (χ2v) is 8.48. The summed E-state index contributed by atoms with van der Waals surface area (Å²) in [7, 11) is 0. The molecule has 1 aliphatic heterocycles. The van der Waals surface area contributed by atoms with Crippen LogP contribution in [0.3, 0.4) is 0 Å². The molecule has 8 heteroatoms. The van der Waals surface area contributed by atoms with Crippen molar-refractivity contribution >= 4 is 33.5 Å². The summed E-state index contributed by atoms with van der Waals surface area (Å²) in [6, 6.07) is 12.2. The van der Waals surface area contributed by atoms with Crippen LogP contribution in [0.2, 0.25) is 0 Å². The average molecular weight is 432 g/mol. The molecule has 156 valence electrons. The first-order chi connectivity index (χ1) is 15.2. The lowest BCUT2D eigenvalue weighted by Gasteiger charge is -2.32. The lowest BCUT2D eigenvalue weighted by Crippen LogP contribution is -2.38. The molecule has 0 saturated carbocycles. The van der Waals surface area contributed by atoms with Crippen molar-refractivity contribution in [3.8, 4) is 5.95 Å². The molecule has 0 atom stereocenters. The fourth-order valence-electron chi connectivity index (χ4n) is 4.16. The lowest BCUT2D eigenvalue weighted by atomic mass is 9.89. The third-order valence-corrected chi connectivity index (χ3v) is 6.69. The minimum Gasteiger partial charge on any atom is -0.338 e. The molecule has 0 unspecified atom stereocenters. The van der Waals surface area contributed by atoms with Gasteiger partial charge in [0.2, 0.25) is 5.95 Å². The molecular formula is C23H21N5O2S. The fraction of sp³-hybridized carbons (Fsp3) is 0.217. The van der Waals surface area contributed by atoms with Crippen molar-refractivity contribution in [2.75, 3.05) is 13.1 Å². The molecule has 0 radical (unpaired) electrons. The summed E-state index contributed by atoms with van der Waals surface area (Å²) >= 11 is 1.34. The fourth-order valence-corrected chi connectivity index (χ4v) is 4.89. The monoisotopic (exact) mass is 431 g/mol. The van der Waals surface area contributed by atoms with Gasteiger partial charge in [-0.15, -0.1) is 11.3 Å². The van der Waals surface area contributed by atoms with Gasteiger partial charge >= 0.3 is 0 Å². The van der Waals surface area contributed by atoms with E-state index in [1.54, 1.807) is 12.1 Å². The normalized spacial score (nSPS) is 14.8. The number of benzene rings is 1. The van der Waals surface area contributed by atoms with Gasteiger partial charge < -0.3 is 4.90 Å². The average Bonchev–Trinajstić information content (AvgIpc) is 3.46. The molecule has 7 nitrogen and oxygen atoms in total. The number of rotatable bonds is 4. The van der Waals surface area contributed by atoms with E-state index in [1.165, 1.54) is 27.8 Å². The predicted octanol–water partition coefficient (Wildman–Crippen LogP) is 3.83. The number of carbonyl (C=O) groups is 1. The molecule has 4 heterocycles. The minimum atomic E-state index is -0.226. The van der Waals surface area contributed by atoms with Gasteiger partial charge in [0.25, 0.3) is 11.5 Å². The predicted molar refractivity (Wildman–Crippen MR) is 122 cm³/mol. The largest absolute Gasteiger partial charge is 0.338 e. The van der Waals surface area contributed by atoms with Crippen LogP contribution < -0.4 is 5.56 Å². The van der Waals surface area contributed by atoms with E-state index >= 15 is 0 Å². The number of piperidine rings is 1. The van der Waals surface area contributed by atoms with Crippen molar-refractivity contribution in [1.82, 2.24) is 24.6 Å². The molecule has 5 rings (SSSR count). The Hall–Kier alpha value is -3.52. The minimum absolute atomic E-state index is 0.0772. The van der Waals surface area contributed by atoms with Crippen molar-refractivity contribution in [1.29, 1.82) is 0 Å². The first-order valence-corrected chi connectivity index (χ1v) is 11.1. The summed E-state index contributed by atoms with van der Waals surface area (Å²) in [5.41, 5.74) is 2.68. The molecule has 1 aromatic carbocycles. The standard InChI is InChI=1S/C23H21N5O2S/c1-2-19-17(14-24-28(19)23-25-18-10-13-31-20(18)21(29)26-23)22(30)27-11-8-16(9-12-27)15-6-4-3-5-7-15/h2-7,10,13-14,16H,1,8-9,11-12H2,(H,25,26,29). The van der Waals surface area contributed by atoms with Crippen LogP contribution in [0.1, 0.15) is 40.4 Å². The highest BCUT2D eigenvalue weighted by atomic mass is 32.1. The summed E-state index contributed by atoms with van der Waals surface area (Å²) in [5, 5.41) is 6.16. The Labute approximate surface area is 182 Å². The van der Waals surface area contributed by atoms with Crippen LogP contribution in [0.25, 0.3) is 22.2 Å². The number of fused-ring (bicyclic) bond motifs is 1. The Bertz CT molecular complexity index is 1310. The number of carbonyl (C=O) groups excluding carboxylic acids is 1. The molecule has 3 aromatic heterocycles. The van der Waals surface area contributed by atoms with E-state index in [-0.39, 0.29) is 17.4 Å². The van der Waals surface area contributed by atoms with Gasteiger partial charge in [-0.05, 0) is 41.8 Å². The van der Waals surface area contributed by atoms with Crippen LogP contribution in [0.15, 0.2) is 59.3 Å². The smallest absolute Gasteiger partial charge is 0.270 e. The van der Waals surface area contributed by atoms with Gasteiger partial charge in [-0.25, -0.2) is 4.98 Å². The van der Waals surface area contributed by atoms with E-state index in [9.17, 15) is 9.59 Å². The molecule has 1 aliphatic rings. The van der Waals surface area contributed by atoms with E-state index in [0.717, 1.165) is 12.8 Å². The summed E-state index contributed by atoms with van der Waals surface area (Å²) in [4.78, 5) is 34.7. The van der Waals surface area contributed by atoms with Crippen LogP contribution in [0.5, 0.6) is 0 Å². The third kappa shape index (κ3) is 3.48. The van der Waals surface area contributed by atoms with E-state index < -0.39 is 0 Å². The molecule has 0 aliphatic carbocycles. The first-order valence-electron chi connectivity index (χ1n) is 10.2. The number of H-pyrrole nitrogens is 1. The zero-order valence-corrected chi connectivity index (χ0v) is 17.6. The lowest BCUT2D eigenvalue weighted by molar-refractivity contribution is 0.0713. The van der Waals surface area contributed by atoms with E-state index in [1.807, 2.05) is 16.3 Å². The Morgan fingerprint density at radius 1 is 1.19 bits per heavy atom. The molecule has 1 saturated heterocycles. The summed E-state index contributed by atoms with van der Waals surface area (Å²) in [6.45, 7) is 5.24. The molecule has 1 N–H and O–H groups in total. The quantitative estimate of drug-likeness (QED) is 0.532. The maximum atomic E-state index is 13.2. The third-order valence-electron chi connectivity index (χ3n) is 5.79. The number of hydrogen-bond acceptors (Lipinski definition) is 5. The second kappa shape index (κ2) is 7.96. The Kier molecular flexibility index (Phi) is 4.99. The van der Waals surface area contributed by atoms with Crippen LogP contribution in [0, 0.1) is 0 Å². The molecule has 31 heavy (non-hydrogen) atoms. The molecule has 1 amide bonds. The van der Waals surface area contributed by atoms with Crippen LogP contribution in [-0.4, -0.2) is 43.6 Å². The number of thiophene rings is 1. The van der Waals surface area contributed by atoms with Crippen molar-refractivity contribution in [3.63, 3.8) is 0 Å². The van der Waals surface area contributed by atoms with Crippen molar-refractivity contribution in [3.05, 3.63) is 81.7 Å². The Morgan fingerprint density at radius 3 is 2.71 bits per heavy atom. The SMILES string of the molecule is C=Cc1c(C(=O)N2CCC(c3ccccc3)CC2)cnn1-c1nc2ccsc2c(=O)[nH]1. The van der Waals surface area contributed by atoms with E-state index in [2.05, 4.69) is 45.9 Å². The molecule has 0 spiro atoms. The van der Waals surface area contributed by atoms with Gasteiger partial charge in [0, 0.05) is 13.1 Å². The topological polar surface area (TPSA) is 83.9 Å². The first kappa shape index (κ1) is 19.4. The van der Waals surface area contributed by atoms with Crippen molar-refractivity contribution < 1.29 is 4.79 Å². The zero-order valence-electron chi connectivity index (χ0n) is 16.8. The van der Waals surface area contributed by atoms with Gasteiger partial charge in [0.15, 0.2) is 0 Å². The number of nitrogens with one attached hydrogen (secondary N) is 1. The van der Waals surface area contributed by atoms with E-state index in [0.29, 0.717) is 40.5 Å². The van der Waals surface area contributed by atoms with Crippen LogP contribution >= 0.6 is 11.3 Å². The second-order valence-electron chi connectivity index (χ2n) is 7.56. The maximum absolute atomic E-state index is 13.2. The van der Waals surface area contributed by atoms with Gasteiger partial charge in [-0.1, -0.05) is 36.9 Å². The molecular weight excluding hydrogens is 410 g/mol. The van der Waals surface area contributed by atoms with E-state index in [4.69, 9.17) is 0 Å². The van der Waals surface area contributed by atoms with Crippen molar-refractivity contribution in [2.45, 2.75) is 18.8 Å². The highest BCUT2D eigenvalue weighted by Gasteiger charge is 2.27. The molecule has 0 bridgehead atoms. The highest BCUT2D eigenvalue weighted by molar-refractivity contribution is 7.17. The number of amides is 1. The van der Waals surface area contributed by atoms with Gasteiger partial charge in [-0.2, -0.15) is 9.78 Å². The Balaban J connectivity index is 1.40. The molecule has 1 fully saturated rings. The van der Waals surface area contributed by atoms with Gasteiger partial charge in [0.05, 0.1) is 23.0 Å². The number of hydrogen-bond donors (Lipinski definition) is 1. The molecule has 4 aromatic rings. The van der Waals surface area contributed by atoms with Gasteiger partial charge in [0.1, 0.15) is 4.70 Å². The van der Waals surface area contributed by atoms with Gasteiger partial charge in [-0.3, -0.25) is 14.6 Å². The highest BCUT2D eigenvalue weighted by Crippen LogP contribution is 2.29. The number of nitrogens with zero attached hydrogens (tertiary/aromatic N) is 4. The Morgan fingerprint density at radius 2 is 1.97 bits per heavy atom. The summed E-state index contributed by atoms with van der Waals surface area (Å²) < 4.78 is 2.03. The zero-order chi connectivity index (χ0) is 21.4. The summed E-state index contributed by atoms with van der Waals surface area (Å²) in [5.74, 6) is 0.665. The maximum Gasteiger partial charge on any atom is 0.270 e. The number of likely N-dealkylation sites (tertiary alicyclic amines) is 1. The summed E-state index contributed by atoms with van der Waals surface area (Å²) in [6.07, 6.45) is 4.96. The number of aromatic amines is 1. The van der Waals surface area contributed by atoms with Crippen LogP contribution in [0.4, 0.5) is 0 Å². The van der Waals surface area contributed by atoms with Crippen LogP contribution in [-0.2, 0) is 0 Å². The number of aromatic nitrogens is 4.